The highest BCUT2D eigenvalue weighted by Gasteiger charge is 2.32. The third-order valence-electron chi connectivity index (χ3n) is 1.49. The molecule has 0 nitrogen and oxygen atoms in total. The molecule has 0 saturated carbocycles. The van der Waals surface area contributed by atoms with Gasteiger partial charge in [0, 0.05) is 4.47 Å². The summed E-state index contributed by atoms with van der Waals surface area (Å²) in [5.74, 6) is 0. The lowest BCUT2D eigenvalue weighted by atomic mass is 10.1. The number of alkyl halides is 4. The molecule has 5 heteroatoms. The molecule has 0 aliphatic carbocycles. The second-order valence-electron chi connectivity index (χ2n) is 2.45. The third kappa shape index (κ3) is 2.43. The van der Waals surface area contributed by atoms with Crippen LogP contribution in [0.15, 0.2) is 22.7 Å². The molecular weight excluding hydrogens is 252 g/mol. The zero-order chi connectivity index (χ0) is 10.1. The Balaban J connectivity index is 3.19. The Bertz CT molecular complexity index is 306. The molecule has 0 aromatic heterocycles. The summed E-state index contributed by atoms with van der Waals surface area (Å²) in [5.41, 5.74) is -0.821. The fraction of sp³-hybridized carbons (Fsp3) is 0.250. The molecule has 0 atom stereocenters. The molecule has 0 unspecified atom stereocenters. The van der Waals surface area contributed by atoms with Crippen LogP contribution in [-0.4, -0.2) is 0 Å². The van der Waals surface area contributed by atoms with Crippen molar-refractivity contribution in [1.82, 2.24) is 0 Å². The Hall–Kier alpha value is -0.580. The lowest BCUT2D eigenvalue weighted by molar-refractivity contribution is -0.138. The van der Waals surface area contributed by atoms with Crippen LogP contribution in [0.25, 0.3) is 0 Å². The minimum atomic E-state index is -4.44. The van der Waals surface area contributed by atoms with Gasteiger partial charge in [-0.2, -0.15) is 13.2 Å². The average molecular weight is 257 g/mol. The van der Waals surface area contributed by atoms with Crippen molar-refractivity contribution >= 4 is 15.9 Å². The first-order valence-corrected chi connectivity index (χ1v) is 4.16. The smallest absolute Gasteiger partial charge is 0.246 e. The van der Waals surface area contributed by atoms with Gasteiger partial charge >= 0.3 is 6.18 Å². The first-order chi connectivity index (χ1) is 5.95. The highest BCUT2D eigenvalue weighted by atomic mass is 79.9. The zero-order valence-electron chi connectivity index (χ0n) is 6.33. The Morgan fingerprint density at radius 1 is 1.23 bits per heavy atom. The van der Waals surface area contributed by atoms with Gasteiger partial charge < -0.3 is 0 Å². The number of hydrogen-bond donors (Lipinski definition) is 0. The summed E-state index contributed by atoms with van der Waals surface area (Å²) >= 11 is 2.75. The number of benzene rings is 1. The molecule has 0 aliphatic heterocycles. The van der Waals surface area contributed by atoms with E-state index in [4.69, 9.17) is 0 Å². The highest BCUT2D eigenvalue weighted by molar-refractivity contribution is 9.10. The molecule has 1 aromatic rings. The first kappa shape index (κ1) is 10.5. The van der Waals surface area contributed by atoms with Crippen molar-refractivity contribution in [2.24, 2.45) is 0 Å². The van der Waals surface area contributed by atoms with E-state index in [0.717, 1.165) is 6.07 Å². The van der Waals surface area contributed by atoms with Gasteiger partial charge in [-0.1, -0.05) is 22.0 Å². The summed E-state index contributed by atoms with van der Waals surface area (Å²) in [7, 11) is 0. The van der Waals surface area contributed by atoms with Crippen LogP contribution in [0.1, 0.15) is 11.1 Å². The molecule has 0 fully saturated rings. The van der Waals surface area contributed by atoms with Crippen molar-refractivity contribution < 1.29 is 17.6 Å². The second kappa shape index (κ2) is 3.65. The van der Waals surface area contributed by atoms with Gasteiger partial charge in [0.05, 0.1) is 5.56 Å². The number of halogens is 5. The van der Waals surface area contributed by atoms with Gasteiger partial charge in [-0.3, -0.25) is 0 Å². The van der Waals surface area contributed by atoms with E-state index in [-0.39, 0.29) is 10.0 Å². The van der Waals surface area contributed by atoms with E-state index in [1.165, 1.54) is 12.1 Å². The fourth-order valence-electron chi connectivity index (χ4n) is 0.873. The maximum absolute atomic E-state index is 12.2. The third-order valence-corrected chi connectivity index (χ3v) is 2.18. The molecule has 1 rings (SSSR count). The van der Waals surface area contributed by atoms with E-state index in [1.807, 2.05) is 0 Å². The Morgan fingerprint density at radius 2 is 1.85 bits per heavy atom. The van der Waals surface area contributed by atoms with Crippen LogP contribution in [0.4, 0.5) is 17.6 Å². The molecule has 0 aliphatic rings. The minimum Gasteiger partial charge on any atom is -0.246 e. The van der Waals surface area contributed by atoms with Gasteiger partial charge in [0.1, 0.15) is 6.67 Å². The number of rotatable bonds is 1. The first-order valence-electron chi connectivity index (χ1n) is 3.36. The molecule has 0 radical (unpaired) electrons. The minimum absolute atomic E-state index is 0.0236. The molecule has 0 N–H and O–H groups in total. The van der Waals surface area contributed by atoms with E-state index >= 15 is 0 Å². The maximum atomic E-state index is 12.2. The normalized spacial score (nSPS) is 11.8. The molecule has 0 bridgehead atoms. The summed E-state index contributed by atoms with van der Waals surface area (Å²) in [4.78, 5) is 0. The van der Waals surface area contributed by atoms with Crippen molar-refractivity contribution in [3.05, 3.63) is 33.8 Å². The summed E-state index contributed by atoms with van der Waals surface area (Å²) in [5, 5.41) is 0. The molecule has 1 aromatic carbocycles. The quantitative estimate of drug-likeness (QED) is 0.668. The predicted octanol–water partition coefficient (Wildman–Crippen LogP) is 3.94. The van der Waals surface area contributed by atoms with Crippen LogP contribution in [0.5, 0.6) is 0 Å². The van der Waals surface area contributed by atoms with Crippen LogP contribution < -0.4 is 0 Å². The van der Waals surface area contributed by atoms with Crippen LogP contribution in [0.3, 0.4) is 0 Å². The van der Waals surface area contributed by atoms with Gasteiger partial charge in [-0.25, -0.2) is 4.39 Å². The second-order valence-corrected chi connectivity index (χ2v) is 3.30. The fourth-order valence-corrected chi connectivity index (χ4v) is 1.34. The van der Waals surface area contributed by atoms with Crippen LogP contribution in [-0.2, 0) is 12.9 Å². The van der Waals surface area contributed by atoms with Gasteiger partial charge in [0.15, 0.2) is 0 Å². The lowest BCUT2D eigenvalue weighted by Crippen LogP contribution is -2.06. The van der Waals surface area contributed by atoms with Crippen molar-refractivity contribution in [2.45, 2.75) is 12.9 Å². The molecule has 0 saturated heterocycles. The largest absolute Gasteiger partial charge is 0.417 e. The topological polar surface area (TPSA) is 0 Å². The Morgan fingerprint density at radius 3 is 2.31 bits per heavy atom. The summed E-state index contributed by atoms with van der Waals surface area (Å²) in [6, 6.07) is 3.29. The molecule has 0 heterocycles. The number of hydrogen-bond acceptors (Lipinski definition) is 0. The van der Waals surface area contributed by atoms with E-state index in [9.17, 15) is 17.6 Å². The molecule has 0 spiro atoms. The van der Waals surface area contributed by atoms with Gasteiger partial charge in [-0.05, 0) is 17.7 Å². The van der Waals surface area contributed by atoms with E-state index < -0.39 is 18.4 Å². The van der Waals surface area contributed by atoms with Crippen molar-refractivity contribution in [3.63, 3.8) is 0 Å². The standard InChI is InChI=1S/C8H5BrF4/c9-7-2-1-5(4-10)3-6(7)8(11,12)13/h1-3H,4H2. The van der Waals surface area contributed by atoms with Crippen LogP contribution >= 0.6 is 15.9 Å². The summed E-state index contributed by atoms with van der Waals surface area (Å²) < 4.78 is 48.6. The SMILES string of the molecule is FCc1ccc(Br)c(C(F)(F)F)c1. The van der Waals surface area contributed by atoms with E-state index in [2.05, 4.69) is 15.9 Å². The highest BCUT2D eigenvalue weighted by Crippen LogP contribution is 2.35. The zero-order valence-corrected chi connectivity index (χ0v) is 7.91. The van der Waals surface area contributed by atoms with Crippen molar-refractivity contribution in [3.8, 4) is 0 Å². The van der Waals surface area contributed by atoms with E-state index in [1.54, 1.807) is 0 Å². The lowest BCUT2D eigenvalue weighted by Gasteiger charge is -2.09. The molecule has 13 heavy (non-hydrogen) atoms. The molecule has 72 valence electrons. The van der Waals surface area contributed by atoms with Gasteiger partial charge in [-0.15, -0.1) is 0 Å². The average Bonchev–Trinajstić information content (AvgIpc) is 2.03. The van der Waals surface area contributed by atoms with E-state index in [0.29, 0.717) is 0 Å². The Kier molecular flexibility index (Phi) is 2.95. The molecule has 0 amide bonds. The van der Waals surface area contributed by atoms with Gasteiger partial charge in [0.2, 0.25) is 0 Å². The summed E-state index contributed by atoms with van der Waals surface area (Å²) in [6.45, 7) is -0.892. The maximum Gasteiger partial charge on any atom is 0.417 e. The van der Waals surface area contributed by atoms with Crippen molar-refractivity contribution in [1.29, 1.82) is 0 Å². The molecular formula is C8H5BrF4. The predicted molar refractivity (Wildman–Crippen MR) is 44.0 cm³/mol. The van der Waals surface area contributed by atoms with Crippen LogP contribution in [0.2, 0.25) is 0 Å². The monoisotopic (exact) mass is 256 g/mol. The summed E-state index contributed by atoms with van der Waals surface area (Å²) in [6.07, 6.45) is -4.44. The van der Waals surface area contributed by atoms with Gasteiger partial charge in [0.25, 0.3) is 0 Å². The Labute approximate surface area is 80.7 Å². The van der Waals surface area contributed by atoms with Crippen molar-refractivity contribution in [2.75, 3.05) is 0 Å². The van der Waals surface area contributed by atoms with Crippen LogP contribution in [0, 0.1) is 0 Å².